The molecule has 2 aromatic rings. The van der Waals surface area contributed by atoms with Crippen molar-refractivity contribution in [2.24, 2.45) is 0 Å². The topological polar surface area (TPSA) is 29.5 Å². The van der Waals surface area contributed by atoms with Crippen LogP contribution in [0.3, 0.4) is 0 Å². The zero-order chi connectivity index (χ0) is 12.3. The van der Waals surface area contributed by atoms with Crippen molar-refractivity contribution in [3.63, 3.8) is 0 Å². The minimum Gasteiger partial charge on any atom is -0.508 e. The zero-order valence-corrected chi connectivity index (χ0v) is 8.86. The van der Waals surface area contributed by atoms with Crippen molar-refractivity contribution in [3.8, 4) is 11.5 Å². The minimum atomic E-state index is -0.522. The Morgan fingerprint density at radius 3 is 2.65 bits per heavy atom. The molecule has 17 heavy (non-hydrogen) atoms. The average Bonchev–Trinajstić information content (AvgIpc) is 2.30. The second-order valence-electron chi connectivity index (χ2n) is 3.52. The summed E-state index contributed by atoms with van der Waals surface area (Å²) < 4.78 is 31.4. The van der Waals surface area contributed by atoms with Gasteiger partial charge in [0.15, 0.2) is 0 Å². The molecule has 0 aliphatic rings. The predicted octanol–water partition coefficient (Wildman–Crippen LogP) is 3.25. The highest BCUT2D eigenvalue weighted by molar-refractivity contribution is 5.32. The van der Waals surface area contributed by atoms with Crippen LogP contribution in [0.15, 0.2) is 42.5 Å². The van der Waals surface area contributed by atoms with Gasteiger partial charge in [-0.3, -0.25) is 0 Å². The van der Waals surface area contributed by atoms with Gasteiger partial charge in [0.25, 0.3) is 0 Å². The maximum Gasteiger partial charge on any atom is 0.130 e. The molecule has 2 rings (SSSR count). The average molecular weight is 236 g/mol. The molecule has 1 N–H and O–H groups in total. The lowest BCUT2D eigenvalue weighted by atomic mass is 10.2. The standard InChI is InChI=1S/C13H10F2O2/c14-10-4-5-13(15)9(6-10)8-17-12-3-1-2-11(16)7-12/h1-7,16H,8H2. The lowest BCUT2D eigenvalue weighted by molar-refractivity contribution is 0.297. The van der Waals surface area contributed by atoms with Crippen LogP contribution in [0, 0.1) is 11.6 Å². The molecular weight excluding hydrogens is 226 g/mol. The molecule has 0 saturated heterocycles. The molecule has 2 aromatic carbocycles. The Morgan fingerprint density at radius 2 is 1.88 bits per heavy atom. The summed E-state index contributed by atoms with van der Waals surface area (Å²) in [5, 5.41) is 9.19. The van der Waals surface area contributed by atoms with E-state index in [1.165, 1.54) is 12.1 Å². The highest BCUT2D eigenvalue weighted by Gasteiger charge is 2.05. The van der Waals surface area contributed by atoms with Gasteiger partial charge in [0, 0.05) is 11.6 Å². The molecule has 4 heteroatoms. The van der Waals surface area contributed by atoms with E-state index in [1.54, 1.807) is 12.1 Å². The van der Waals surface area contributed by atoms with Crippen LogP contribution in [-0.2, 0) is 6.61 Å². The lowest BCUT2D eigenvalue weighted by Crippen LogP contribution is -1.99. The van der Waals surface area contributed by atoms with Crippen LogP contribution in [0.4, 0.5) is 8.78 Å². The van der Waals surface area contributed by atoms with Gasteiger partial charge in [-0.1, -0.05) is 6.07 Å². The van der Waals surface area contributed by atoms with E-state index in [4.69, 9.17) is 4.74 Å². The van der Waals surface area contributed by atoms with E-state index in [0.717, 1.165) is 18.2 Å². The number of benzene rings is 2. The van der Waals surface area contributed by atoms with E-state index in [9.17, 15) is 13.9 Å². The monoisotopic (exact) mass is 236 g/mol. The summed E-state index contributed by atoms with van der Waals surface area (Å²) in [5.41, 5.74) is 0.133. The van der Waals surface area contributed by atoms with Crippen LogP contribution in [0.5, 0.6) is 11.5 Å². The summed E-state index contributed by atoms with van der Waals surface area (Å²) in [7, 11) is 0. The number of aromatic hydroxyl groups is 1. The van der Waals surface area contributed by atoms with Crippen LogP contribution in [0.2, 0.25) is 0 Å². The fourth-order valence-electron chi connectivity index (χ4n) is 1.39. The van der Waals surface area contributed by atoms with E-state index in [-0.39, 0.29) is 17.9 Å². The van der Waals surface area contributed by atoms with Gasteiger partial charge >= 0.3 is 0 Å². The minimum absolute atomic E-state index is 0.0576. The molecule has 0 bridgehead atoms. The molecule has 0 fully saturated rings. The number of halogens is 2. The van der Waals surface area contributed by atoms with Gasteiger partial charge in [-0.05, 0) is 30.3 Å². The highest BCUT2D eigenvalue weighted by Crippen LogP contribution is 2.19. The summed E-state index contributed by atoms with van der Waals surface area (Å²) in [6.45, 7) is -0.0902. The van der Waals surface area contributed by atoms with Gasteiger partial charge in [-0.2, -0.15) is 0 Å². The molecule has 0 amide bonds. The summed E-state index contributed by atoms with van der Waals surface area (Å²) in [4.78, 5) is 0. The molecule has 0 aliphatic carbocycles. The molecule has 0 atom stereocenters. The normalized spacial score (nSPS) is 10.2. The molecule has 0 aliphatic heterocycles. The number of hydrogen-bond acceptors (Lipinski definition) is 2. The molecule has 0 saturated carbocycles. The van der Waals surface area contributed by atoms with Gasteiger partial charge in [0.05, 0.1) is 0 Å². The Bertz CT molecular complexity index is 527. The van der Waals surface area contributed by atoms with E-state index in [0.29, 0.717) is 5.75 Å². The lowest BCUT2D eigenvalue weighted by Gasteiger charge is -2.07. The summed E-state index contributed by atoms with van der Waals surface area (Å²) in [6.07, 6.45) is 0. The number of ether oxygens (including phenoxy) is 1. The molecule has 0 aromatic heterocycles. The van der Waals surface area contributed by atoms with Crippen LogP contribution < -0.4 is 4.74 Å². The maximum atomic E-state index is 13.3. The number of phenolic OH excluding ortho intramolecular Hbond substituents is 1. The van der Waals surface area contributed by atoms with E-state index >= 15 is 0 Å². The van der Waals surface area contributed by atoms with Crippen LogP contribution in [0.25, 0.3) is 0 Å². The molecule has 0 heterocycles. The molecule has 2 nitrogen and oxygen atoms in total. The summed E-state index contributed by atoms with van der Waals surface area (Å²) in [5.74, 6) is -0.580. The van der Waals surface area contributed by atoms with Crippen molar-refractivity contribution in [1.82, 2.24) is 0 Å². The number of hydrogen-bond donors (Lipinski definition) is 1. The molecule has 0 unspecified atom stereocenters. The van der Waals surface area contributed by atoms with Gasteiger partial charge in [-0.15, -0.1) is 0 Å². The first-order chi connectivity index (χ1) is 8.15. The Kier molecular flexibility index (Phi) is 3.23. The Balaban J connectivity index is 2.09. The van der Waals surface area contributed by atoms with Crippen molar-refractivity contribution < 1.29 is 18.6 Å². The first-order valence-corrected chi connectivity index (χ1v) is 5.01. The van der Waals surface area contributed by atoms with Gasteiger partial charge < -0.3 is 9.84 Å². The molecular formula is C13H10F2O2. The third kappa shape index (κ3) is 2.93. The van der Waals surface area contributed by atoms with Crippen molar-refractivity contribution in [1.29, 1.82) is 0 Å². The van der Waals surface area contributed by atoms with Crippen molar-refractivity contribution in [2.75, 3.05) is 0 Å². The Hall–Kier alpha value is -2.10. The SMILES string of the molecule is Oc1cccc(OCc2cc(F)ccc2F)c1. The van der Waals surface area contributed by atoms with Gasteiger partial charge in [0.1, 0.15) is 29.7 Å². The van der Waals surface area contributed by atoms with E-state index < -0.39 is 11.6 Å². The van der Waals surface area contributed by atoms with Crippen LogP contribution in [0.1, 0.15) is 5.56 Å². The largest absolute Gasteiger partial charge is 0.508 e. The Morgan fingerprint density at radius 1 is 1.06 bits per heavy atom. The Labute approximate surface area is 97.1 Å². The van der Waals surface area contributed by atoms with Crippen LogP contribution in [-0.4, -0.2) is 5.11 Å². The molecule has 88 valence electrons. The number of phenols is 1. The maximum absolute atomic E-state index is 13.3. The quantitative estimate of drug-likeness (QED) is 0.886. The molecule has 0 spiro atoms. The second kappa shape index (κ2) is 4.82. The summed E-state index contributed by atoms with van der Waals surface area (Å²) >= 11 is 0. The van der Waals surface area contributed by atoms with Gasteiger partial charge in [-0.25, -0.2) is 8.78 Å². The first kappa shape index (κ1) is 11.4. The zero-order valence-electron chi connectivity index (χ0n) is 8.86. The van der Waals surface area contributed by atoms with Gasteiger partial charge in [0.2, 0.25) is 0 Å². The molecule has 0 radical (unpaired) electrons. The predicted molar refractivity (Wildman–Crippen MR) is 58.8 cm³/mol. The van der Waals surface area contributed by atoms with Crippen molar-refractivity contribution >= 4 is 0 Å². The third-order valence-corrected chi connectivity index (χ3v) is 2.22. The fourth-order valence-corrected chi connectivity index (χ4v) is 1.39. The van der Waals surface area contributed by atoms with Crippen molar-refractivity contribution in [3.05, 3.63) is 59.7 Å². The second-order valence-corrected chi connectivity index (χ2v) is 3.52. The highest BCUT2D eigenvalue weighted by atomic mass is 19.1. The first-order valence-electron chi connectivity index (χ1n) is 5.01. The van der Waals surface area contributed by atoms with Crippen LogP contribution >= 0.6 is 0 Å². The summed E-state index contributed by atoms with van der Waals surface area (Å²) in [6, 6.07) is 9.30. The third-order valence-electron chi connectivity index (χ3n) is 2.22. The number of rotatable bonds is 3. The van der Waals surface area contributed by atoms with E-state index in [1.807, 2.05) is 0 Å². The fraction of sp³-hybridized carbons (Fsp3) is 0.0769. The van der Waals surface area contributed by atoms with Crippen molar-refractivity contribution in [2.45, 2.75) is 6.61 Å². The smallest absolute Gasteiger partial charge is 0.130 e. The van der Waals surface area contributed by atoms with E-state index in [2.05, 4.69) is 0 Å².